The van der Waals surface area contributed by atoms with Gasteiger partial charge in [0.25, 0.3) is 0 Å². The molecule has 9 aromatic rings. The Morgan fingerprint density at radius 2 is 1.45 bits per heavy atom. The van der Waals surface area contributed by atoms with E-state index in [1.54, 1.807) is 12.4 Å². The van der Waals surface area contributed by atoms with Gasteiger partial charge in [-0.3, -0.25) is 4.98 Å². The summed E-state index contributed by atoms with van der Waals surface area (Å²) in [5.41, 5.74) is 5.22. The summed E-state index contributed by atoms with van der Waals surface area (Å²) < 4.78 is 21.6. The summed E-state index contributed by atoms with van der Waals surface area (Å²) in [5, 5.41) is 3.62. The molecule has 0 spiro atoms. The first-order valence-electron chi connectivity index (χ1n) is 14.9. The molecule has 0 amide bonds. The zero-order chi connectivity index (χ0) is 30.6. The largest absolute Gasteiger partial charge is 2.00 e. The van der Waals surface area contributed by atoms with E-state index in [-0.39, 0.29) is 21.1 Å². The van der Waals surface area contributed by atoms with Gasteiger partial charge in [0, 0.05) is 48.0 Å². The van der Waals surface area contributed by atoms with E-state index < -0.39 is 0 Å². The fraction of sp³-hybridized carbons (Fsp3) is 0.0256. The van der Waals surface area contributed by atoms with Gasteiger partial charge in [-0.05, 0) is 52.9 Å². The number of para-hydroxylation sites is 3. The molecule has 0 fully saturated rings. The number of fused-ring (bicyclic) bond motifs is 6. The molecule has 8 heteroatoms. The molecule has 7 nitrogen and oxygen atoms in total. The monoisotopic (exact) mass is 791 g/mol. The number of pyridine rings is 1. The summed E-state index contributed by atoms with van der Waals surface area (Å²) in [6, 6.07) is 42.9. The topological polar surface area (TPSA) is 69.5 Å². The number of aryl methyl sites for hydroxylation is 1. The van der Waals surface area contributed by atoms with Gasteiger partial charge in [-0.2, -0.15) is 0 Å². The van der Waals surface area contributed by atoms with E-state index in [0.29, 0.717) is 28.4 Å². The van der Waals surface area contributed by atoms with Gasteiger partial charge in [-0.1, -0.05) is 78.2 Å². The SMILES string of the molecule is Cn1ccnc1-c1[c-]c(Oc2[c-]c(N(c3ccccc3)c3ccccn3)c3oc4ccccc4c3c2)c2c(c1)oc1ccccc12.[Pt+2]. The van der Waals surface area contributed by atoms with Gasteiger partial charge in [-0.25, -0.2) is 4.98 Å². The molecule has 228 valence electrons. The molecule has 0 aliphatic carbocycles. The Morgan fingerprint density at radius 3 is 2.21 bits per heavy atom. The molecule has 0 radical (unpaired) electrons. The minimum atomic E-state index is 0. The van der Waals surface area contributed by atoms with Gasteiger partial charge >= 0.3 is 21.1 Å². The van der Waals surface area contributed by atoms with Gasteiger partial charge in [0.2, 0.25) is 0 Å². The van der Waals surface area contributed by atoms with Crippen LogP contribution in [0.3, 0.4) is 0 Å². The van der Waals surface area contributed by atoms with Crippen LogP contribution in [0, 0.1) is 12.1 Å². The summed E-state index contributed by atoms with van der Waals surface area (Å²) in [5.74, 6) is 2.47. The van der Waals surface area contributed by atoms with E-state index in [4.69, 9.17) is 18.6 Å². The van der Waals surface area contributed by atoms with E-state index in [0.717, 1.165) is 55.6 Å². The molecule has 0 aliphatic rings. The Morgan fingerprint density at radius 1 is 0.702 bits per heavy atom. The molecular weight excluding hydrogens is 768 g/mol. The Balaban J connectivity index is 0.00000324. The Hall–Kier alpha value is -5.65. The van der Waals surface area contributed by atoms with E-state index in [1.807, 2.05) is 126 Å². The molecule has 0 atom stereocenters. The Labute approximate surface area is 283 Å². The normalized spacial score (nSPS) is 11.3. The van der Waals surface area contributed by atoms with Gasteiger partial charge in [0.05, 0.1) is 17.2 Å². The maximum Gasteiger partial charge on any atom is 2.00 e. The van der Waals surface area contributed by atoms with Crippen LogP contribution in [-0.2, 0) is 28.1 Å². The number of anilines is 3. The number of benzene rings is 5. The first kappa shape index (κ1) is 28.8. The van der Waals surface area contributed by atoms with Crippen LogP contribution < -0.4 is 9.64 Å². The van der Waals surface area contributed by atoms with Gasteiger partial charge in [-0.15, -0.1) is 17.7 Å². The molecular formula is C39H24N4O3Pt. The van der Waals surface area contributed by atoms with Crippen molar-refractivity contribution < 1.29 is 34.6 Å². The van der Waals surface area contributed by atoms with Crippen LogP contribution in [0.4, 0.5) is 17.2 Å². The minimum absolute atomic E-state index is 0. The van der Waals surface area contributed by atoms with Crippen molar-refractivity contribution in [2.45, 2.75) is 0 Å². The standard InChI is InChI=1S/C39H24N4O3.Pt/c1-42-20-19-41-39(42)25-21-34(37-29-14-6-8-16-33(29)45-35(37)22-25)44-27-23-30-28-13-5-7-15-32(28)46-38(30)31(24-27)43(26-11-3-2-4-12-26)36-17-9-10-18-40-36;/h2-20,22-23H,1H3;/q-2;+2. The Bertz CT molecular complexity index is 2500. The third kappa shape index (κ3) is 4.87. The number of hydrogen-bond donors (Lipinski definition) is 0. The molecule has 4 aromatic heterocycles. The van der Waals surface area contributed by atoms with Crippen LogP contribution in [-0.4, -0.2) is 14.5 Å². The predicted molar refractivity (Wildman–Crippen MR) is 180 cm³/mol. The number of ether oxygens (including phenoxy) is 1. The molecule has 47 heavy (non-hydrogen) atoms. The molecule has 0 aliphatic heterocycles. The zero-order valence-electron chi connectivity index (χ0n) is 25.0. The van der Waals surface area contributed by atoms with E-state index in [2.05, 4.69) is 23.2 Å². The quantitative estimate of drug-likeness (QED) is 0.156. The van der Waals surface area contributed by atoms with Crippen LogP contribution in [0.15, 0.2) is 137 Å². The van der Waals surface area contributed by atoms with Gasteiger partial charge < -0.3 is 23.0 Å². The number of aromatic nitrogens is 3. The molecule has 0 N–H and O–H groups in total. The molecule has 0 bridgehead atoms. The van der Waals surface area contributed by atoms with Gasteiger partial charge in [0.15, 0.2) is 0 Å². The second-order valence-corrected chi connectivity index (χ2v) is 11.0. The number of imidazole rings is 1. The summed E-state index contributed by atoms with van der Waals surface area (Å²) in [4.78, 5) is 11.3. The van der Waals surface area contributed by atoms with Crippen molar-refractivity contribution in [1.82, 2.24) is 14.5 Å². The average Bonchev–Trinajstić information content (AvgIpc) is 3.81. The van der Waals surface area contributed by atoms with Crippen LogP contribution in [0.1, 0.15) is 0 Å². The average molecular weight is 792 g/mol. The summed E-state index contributed by atoms with van der Waals surface area (Å²) in [6.45, 7) is 0. The zero-order valence-corrected chi connectivity index (χ0v) is 27.2. The third-order valence-electron chi connectivity index (χ3n) is 8.13. The molecule has 0 unspecified atom stereocenters. The first-order valence-corrected chi connectivity index (χ1v) is 14.9. The summed E-state index contributed by atoms with van der Waals surface area (Å²) in [7, 11) is 1.95. The van der Waals surface area contributed by atoms with Crippen molar-refractivity contribution in [3.05, 3.63) is 140 Å². The maximum absolute atomic E-state index is 6.83. The van der Waals surface area contributed by atoms with Crippen molar-refractivity contribution >= 4 is 61.1 Å². The number of furan rings is 2. The smallest absolute Gasteiger partial charge is 0.513 e. The summed E-state index contributed by atoms with van der Waals surface area (Å²) in [6.07, 6.45) is 5.45. The number of nitrogens with zero attached hydrogens (tertiary/aromatic N) is 4. The van der Waals surface area contributed by atoms with E-state index in [9.17, 15) is 0 Å². The van der Waals surface area contributed by atoms with Crippen molar-refractivity contribution in [3.63, 3.8) is 0 Å². The number of hydrogen-bond acceptors (Lipinski definition) is 6. The third-order valence-corrected chi connectivity index (χ3v) is 8.13. The molecule has 5 aromatic carbocycles. The van der Waals surface area contributed by atoms with Crippen LogP contribution >= 0.6 is 0 Å². The van der Waals surface area contributed by atoms with E-state index in [1.165, 1.54) is 0 Å². The van der Waals surface area contributed by atoms with Gasteiger partial charge in [0.1, 0.15) is 17.0 Å². The second-order valence-electron chi connectivity index (χ2n) is 11.0. The van der Waals surface area contributed by atoms with E-state index >= 15 is 0 Å². The van der Waals surface area contributed by atoms with Crippen molar-refractivity contribution in [2.75, 3.05) is 4.90 Å². The van der Waals surface area contributed by atoms with Crippen molar-refractivity contribution in [1.29, 1.82) is 0 Å². The van der Waals surface area contributed by atoms with Crippen LogP contribution in [0.25, 0.3) is 55.3 Å². The molecule has 0 saturated heterocycles. The predicted octanol–water partition coefficient (Wildman–Crippen LogP) is 10.1. The first-order chi connectivity index (χ1) is 22.7. The summed E-state index contributed by atoms with van der Waals surface area (Å²) >= 11 is 0. The molecule has 9 rings (SSSR count). The van der Waals surface area contributed by atoms with Crippen molar-refractivity contribution in [2.24, 2.45) is 7.05 Å². The number of rotatable bonds is 6. The Kier molecular flexibility index (Phi) is 7.11. The maximum atomic E-state index is 6.83. The fourth-order valence-electron chi connectivity index (χ4n) is 6.06. The molecule has 0 saturated carbocycles. The molecule has 4 heterocycles. The van der Waals surface area contributed by atoms with Crippen molar-refractivity contribution in [3.8, 4) is 22.9 Å². The van der Waals surface area contributed by atoms with Crippen LogP contribution in [0.2, 0.25) is 0 Å². The second kappa shape index (κ2) is 11.6. The fourth-order valence-corrected chi connectivity index (χ4v) is 6.06. The minimum Gasteiger partial charge on any atom is -0.513 e. The van der Waals surface area contributed by atoms with Crippen LogP contribution in [0.5, 0.6) is 11.5 Å².